The summed E-state index contributed by atoms with van der Waals surface area (Å²) in [5.74, 6) is 0.277. The maximum atomic E-state index is 13.0. The molecule has 0 aliphatic rings. The van der Waals surface area contributed by atoms with Crippen molar-refractivity contribution in [1.82, 2.24) is 5.01 Å². The summed E-state index contributed by atoms with van der Waals surface area (Å²) < 4.78 is 54.6. The van der Waals surface area contributed by atoms with Crippen molar-refractivity contribution in [3.8, 4) is 0 Å². The van der Waals surface area contributed by atoms with Crippen molar-refractivity contribution in [1.29, 1.82) is 0 Å². The van der Waals surface area contributed by atoms with Crippen LogP contribution < -0.4 is 5.84 Å². The van der Waals surface area contributed by atoms with Gasteiger partial charge in [0.25, 0.3) is 26.1 Å². The Hall–Kier alpha value is -2.59. The fraction of sp³-hybridized carbons (Fsp3) is 0.500. The third-order valence-corrected chi connectivity index (χ3v) is 5.87. The van der Waals surface area contributed by atoms with Crippen LogP contribution in [-0.2, 0) is 38.2 Å². The van der Waals surface area contributed by atoms with Gasteiger partial charge in [0.1, 0.15) is 0 Å². The van der Waals surface area contributed by atoms with E-state index in [4.69, 9.17) is 5.84 Å². The van der Waals surface area contributed by atoms with E-state index in [1.54, 1.807) is 6.07 Å². The lowest BCUT2D eigenvalue weighted by Gasteiger charge is -2.42. The summed E-state index contributed by atoms with van der Waals surface area (Å²) in [4.78, 5) is 37.0. The molecule has 0 saturated heterocycles. The number of carbonyl (C=O) groups is 3. The zero-order chi connectivity index (χ0) is 25.4. The zero-order valence-corrected chi connectivity index (χ0v) is 19.5. The molecule has 33 heavy (non-hydrogen) atoms. The normalized spacial score (nSPS) is 14.8. The Kier molecular flexibility index (Phi) is 9.92. The summed E-state index contributed by atoms with van der Waals surface area (Å²) >= 11 is 0. The van der Waals surface area contributed by atoms with Gasteiger partial charge in [-0.05, 0) is 18.6 Å². The highest BCUT2D eigenvalue weighted by atomic mass is 32.2. The molecular weight excluding hydrogens is 484 g/mol. The Morgan fingerprint density at radius 1 is 1.00 bits per heavy atom. The fourth-order valence-corrected chi connectivity index (χ4v) is 4.00. The minimum atomic E-state index is -4.01. The quantitative estimate of drug-likeness (QED) is 0.127. The lowest BCUT2D eigenvalue weighted by Crippen LogP contribution is -2.65. The molecule has 0 bridgehead atoms. The topological polar surface area (TPSA) is 208 Å². The molecule has 0 radical (unpaired) electrons. The molecule has 0 saturated carbocycles. The average molecular weight is 511 g/mol. The highest BCUT2D eigenvalue weighted by molar-refractivity contribution is 7.86. The van der Waals surface area contributed by atoms with Gasteiger partial charge in [-0.15, -0.1) is 0 Å². The predicted molar refractivity (Wildman–Crippen MR) is 114 cm³/mol. The fourth-order valence-electron chi connectivity index (χ4n) is 3.22. The molecule has 1 unspecified atom stereocenters. The van der Waals surface area contributed by atoms with Gasteiger partial charge in [0.05, 0.1) is 32.1 Å². The maximum absolute atomic E-state index is 13.0. The number of carbonyl (C=O) groups excluding carboxylic acids is 1. The molecule has 186 valence electrons. The molecule has 1 aromatic carbocycles. The third kappa shape index (κ3) is 8.70. The number of benzene rings is 1. The van der Waals surface area contributed by atoms with Crippen LogP contribution in [0.5, 0.6) is 0 Å². The van der Waals surface area contributed by atoms with E-state index >= 15 is 0 Å². The van der Waals surface area contributed by atoms with Crippen LogP contribution in [0.25, 0.3) is 0 Å². The van der Waals surface area contributed by atoms with E-state index in [0.29, 0.717) is 5.01 Å². The second-order valence-electron chi connectivity index (χ2n) is 7.16. The number of hydrogen-bond acceptors (Lipinski definition) is 10. The standard InChI is InChI=1S/C18H26N2O11S2/c1-32(26,27)30-10-8-14(12-15(21)22)18(17(24)25,9-11-31-33(2,28)29)20(19)16(23)13-6-4-3-5-7-13/h3-7,14H,8-12,19H2,1-2H3,(H,21,22)(H,24,25)/t14?,18-/m0/s1. The molecule has 4 N–H and O–H groups in total. The minimum Gasteiger partial charge on any atom is -0.481 e. The minimum absolute atomic E-state index is 0.0175. The molecule has 2 atom stereocenters. The molecule has 0 heterocycles. The van der Waals surface area contributed by atoms with Crippen molar-refractivity contribution in [2.45, 2.75) is 24.8 Å². The first-order valence-corrected chi connectivity index (χ1v) is 13.0. The van der Waals surface area contributed by atoms with E-state index in [1.165, 1.54) is 24.3 Å². The van der Waals surface area contributed by atoms with Crippen molar-refractivity contribution < 1.29 is 49.8 Å². The molecule has 1 amide bonds. The lowest BCUT2D eigenvalue weighted by atomic mass is 9.76. The Bertz CT molecular complexity index is 1060. The SMILES string of the molecule is CS(=O)(=O)OCCC(CC(=O)O)[C@@](CCOS(C)(=O)=O)(C(=O)O)N(N)C(=O)c1ccccc1. The molecule has 1 rings (SSSR count). The van der Waals surface area contributed by atoms with Crippen LogP contribution in [0.2, 0.25) is 0 Å². The van der Waals surface area contributed by atoms with E-state index in [-0.39, 0.29) is 5.56 Å². The van der Waals surface area contributed by atoms with E-state index in [2.05, 4.69) is 8.37 Å². The van der Waals surface area contributed by atoms with Gasteiger partial charge >= 0.3 is 11.9 Å². The van der Waals surface area contributed by atoms with Gasteiger partial charge in [-0.2, -0.15) is 16.8 Å². The maximum Gasteiger partial charge on any atom is 0.331 e. The molecule has 0 spiro atoms. The molecule has 0 fully saturated rings. The second kappa shape index (κ2) is 11.5. The highest BCUT2D eigenvalue weighted by Crippen LogP contribution is 2.34. The van der Waals surface area contributed by atoms with Crippen LogP contribution >= 0.6 is 0 Å². The van der Waals surface area contributed by atoms with Crippen molar-refractivity contribution in [2.24, 2.45) is 11.8 Å². The highest BCUT2D eigenvalue weighted by Gasteiger charge is 2.52. The first-order valence-electron chi connectivity index (χ1n) is 9.38. The van der Waals surface area contributed by atoms with Crippen LogP contribution in [-0.4, -0.2) is 81.2 Å². The zero-order valence-electron chi connectivity index (χ0n) is 17.9. The molecule has 15 heteroatoms. The molecule has 0 aromatic heterocycles. The molecular formula is C18H26N2O11S2. The number of hydrazine groups is 1. The first-order chi connectivity index (χ1) is 15.1. The van der Waals surface area contributed by atoms with Crippen molar-refractivity contribution in [2.75, 3.05) is 25.7 Å². The number of carboxylic acids is 2. The Labute approximate surface area is 191 Å². The number of nitrogens with two attached hydrogens (primary N) is 1. The van der Waals surface area contributed by atoms with Crippen LogP contribution in [0.15, 0.2) is 30.3 Å². The Balaban J connectivity index is 3.52. The third-order valence-electron chi connectivity index (χ3n) is 4.68. The predicted octanol–water partition coefficient (Wildman–Crippen LogP) is -0.351. The van der Waals surface area contributed by atoms with Crippen LogP contribution in [0.3, 0.4) is 0 Å². The van der Waals surface area contributed by atoms with Crippen LogP contribution in [0, 0.1) is 5.92 Å². The first kappa shape index (κ1) is 28.4. The van der Waals surface area contributed by atoms with Crippen molar-refractivity contribution >= 4 is 38.1 Å². The van der Waals surface area contributed by atoms with Crippen LogP contribution in [0.1, 0.15) is 29.6 Å². The molecule has 13 nitrogen and oxygen atoms in total. The summed E-state index contributed by atoms with van der Waals surface area (Å²) in [5, 5.41) is 19.8. The number of rotatable bonds is 14. The number of aliphatic carboxylic acids is 2. The van der Waals surface area contributed by atoms with Gasteiger partial charge in [0.2, 0.25) is 0 Å². The van der Waals surface area contributed by atoms with Gasteiger partial charge in [-0.3, -0.25) is 23.0 Å². The summed E-state index contributed by atoms with van der Waals surface area (Å²) in [6.07, 6.45) is -0.563. The van der Waals surface area contributed by atoms with Crippen molar-refractivity contribution in [3.63, 3.8) is 0 Å². The van der Waals surface area contributed by atoms with E-state index in [9.17, 15) is 41.4 Å². The van der Waals surface area contributed by atoms with Gasteiger partial charge in [-0.25, -0.2) is 10.6 Å². The summed E-state index contributed by atoms with van der Waals surface area (Å²) in [6.45, 7) is -1.35. The van der Waals surface area contributed by atoms with Crippen LogP contribution in [0.4, 0.5) is 0 Å². The summed E-state index contributed by atoms with van der Waals surface area (Å²) in [5.41, 5.74) is -2.51. The molecule has 1 aromatic rings. The monoisotopic (exact) mass is 510 g/mol. The largest absolute Gasteiger partial charge is 0.481 e. The summed E-state index contributed by atoms with van der Waals surface area (Å²) in [7, 11) is -7.95. The number of hydrogen-bond donors (Lipinski definition) is 3. The van der Waals surface area contributed by atoms with Crippen molar-refractivity contribution in [3.05, 3.63) is 35.9 Å². The van der Waals surface area contributed by atoms with E-state index in [0.717, 1.165) is 12.5 Å². The van der Waals surface area contributed by atoms with Gasteiger partial charge in [0.15, 0.2) is 5.54 Å². The van der Waals surface area contributed by atoms with Gasteiger partial charge in [0, 0.05) is 17.9 Å². The summed E-state index contributed by atoms with van der Waals surface area (Å²) in [6, 6.07) is 7.27. The average Bonchev–Trinajstić information content (AvgIpc) is 2.68. The lowest BCUT2D eigenvalue weighted by molar-refractivity contribution is -0.158. The Morgan fingerprint density at radius 3 is 1.97 bits per heavy atom. The molecule has 0 aliphatic heterocycles. The number of nitrogens with zero attached hydrogens (tertiary/aromatic N) is 1. The van der Waals surface area contributed by atoms with E-state index < -0.39 is 82.0 Å². The molecule has 0 aliphatic carbocycles. The van der Waals surface area contributed by atoms with E-state index in [1.807, 2.05) is 0 Å². The Morgan fingerprint density at radius 2 is 1.52 bits per heavy atom. The number of amides is 1. The number of carboxylic acid groups (broad SMARTS) is 2. The van der Waals surface area contributed by atoms with Gasteiger partial charge < -0.3 is 10.2 Å². The smallest absolute Gasteiger partial charge is 0.331 e. The van der Waals surface area contributed by atoms with Gasteiger partial charge in [-0.1, -0.05) is 18.2 Å². The second-order valence-corrected chi connectivity index (χ2v) is 10.4.